The highest BCUT2D eigenvalue weighted by Gasteiger charge is 2.23. The van der Waals surface area contributed by atoms with Crippen molar-refractivity contribution < 1.29 is 9.47 Å². The molecule has 1 N–H and O–H groups in total. The van der Waals surface area contributed by atoms with E-state index < -0.39 is 0 Å². The van der Waals surface area contributed by atoms with E-state index in [1.807, 2.05) is 19.1 Å². The predicted molar refractivity (Wildman–Crippen MR) is 84.6 cm³/mol. The van der Waals surface area contributed by atoms with E-state index in [-0.39, 0.29) is 5.54 Å². The molecule has 1 aromatic carbocycles. The van der Waals surface area contributed by atoms with E-state index in [1.54, 1.807) is 7.11 Å². The van der Waals surface area contributed by atoms with E-state index in [9.17, 15) is 0 Å². The number of hydrogen-bond donors (Lipinski definition) is 1. The van der Waals surface area contributed by atoms with Gasteiger partial charge in [-0.25, -0.2) is 0 Å². The number of rotatable bonds is 9. The normalized spacial score (nSPS) is 11.4. The van der Waals surface area contributed by atoms with Gasteiger partial charge in [-0.3, -0.25) is 0 Å². The minimum Gasteiger partial charge on any atom is -0.493 e. The summed E-state index contributed by atoms with van der Waals surface area (Å²) >= 11 is 0. The number of nitrogens with one attached hydrogen (secondary N) is 1. The first-order valence-corrected chi connectivity index (χ1v) is 7.70. The van der Waals surface area contributed by atoms with Crippen molar-refractivity contribution in [3.05, 3.63) is 23.8 Å². The molecule has 0 aliphatic carbocycles. The molecule has 20 heavy (non-hydrogen) atoms. The van der Waals surface area contributed by atoms with Gasteiger partial charge in [-0.1, -0.05) is 32.9 Å². The molecule has 0 aromatic heterocycles. The van der Waals surface area contributed by atoms with Crippen molar-refractivity contribution in [1.29, 1.82) is 0 Å². The van der Waals surface area contributed by atoms with Gasteiger partial charge < -0.3 is 14.8 Å². The van der Waals surface area contributed by atoms with Crippen LogP contribution >= 0.6 is 0 Å². The van der Waals surface area contributed by atoms with Crippen molar-refractivity contribution in [3.63, 3.8) is 0 Å². The number of para-hydroxylation sites is 1. The van der Waals surface area contributed by atoms with Crippen LogP contribution in [0.5, 0.6) is 11.5 Å². The molecular formula is C17H29NO2. The van der Waals surface area contributed by atoms with Crippen LogP contribution in [0, 0.1) is 0 Å². The Morgan fingerprint density at radius 1 is 1.05 bits per heavy atom. The van der Waals surface area contributed by atoms with Crippen LogP contribution in [0.3, 0.4) is 0 Å². The second-order valence-electron chi connectivity index (χ2n) is 5.08. The third-order valence-electron chi connectivity index (χ3n) is 4.25. The molecule has 0 atom stereocenters. The maximum absolute atomic E-state index is 5.63. The van der Waals surface area contributed by atoms with Gasteiger partial charge in [-0.15, -0.1) is 0 Å². The summed E-state index contributed by atoms with van der Waals surface area (Å²) in [6.07, 6.45) is 3.40. The fourth-order valence-electron chi connectivity index (χ4n) is 2.61. The van der Waals surface area contributed by atoms with E-state index in [0.29, 0.717) is 6.61 Å². The summed E-state index contributed by atoms with van der Waals surface area (Å²) < 4.78 is 11.2. The Hall–Kier alpha value is -1.22. The minimum atomic E-state index is 0.215. The molecule has 0 bridgehead atoms. The molecule has 1 aromatic rings. The van der Waals surface area contributed by atoms with Gasteiger partial charge in [0.2, 0.25) is 0 Å². The van der Waals surface area contributed by atoms with E-state index >= 15 is 0 Å². The molecule has 3 nitrogen and oxygen atoms in total. The van der Waals surface area contributed by atoms with Gasteiger partial charge in [0.25, 0.3) is 0 Å². The SMILES string of the molecule is CCOc1cccc(CNC(CC)(CC)CC)c1OC. The lowest BCUT2D eigenvalue weighted by atomic mass is 9.89. The molecule has 1 rings (SSSR count). The Morgan fingerprint density at radius 3 is 2.20 bits per heavy atom. The molecule has 0 heterocycles. The number of ether oxygens (including phenoxy) is 2. The first-order chi connectivity index (χ1) is 9.66. The summed E-state index contributed by atoms with van der Waals surface area (Å²) in [5, 5.41) is 3.71. The Balaban J connectivity index is 2.89. The van der Waals surface area contributed by atoms with Crippen molar-refractivity contribution >= 4 is 0 Å². The highest BCUT2D eigenvalue weighted by atomic mass is 16.5. The molecule has 0 saturated heterocycles. The molecule has 0 unspecified atom stereocenters. The molecule has 0 fully saturated rings. The van der Waals surface area contributed by atoms with Crippen LogP contribution in [-0.2, 0) is 6.54 Å². The Kier molecular flexibility index (Phi) is 6.86. The predicted octanol–water partition coefficient (Wildman–Crippen LogP) is 4.15. The Bertz CT molecular complexity index is 392. The Morgan fingerprint density at radius 2 is 1.70 bits per heavy atom. The molecule has 0 saturated carbocycles. The smallest absolute Gasteiger partial charge is 0.165 e. The fraction of sp³-hybridized carbons (Fsp3) is 0.647. The Labute approximate surface area is 123 Å². The third kappa shape index (κ3) is 3.89. The molecule has 0 aliphatic rings. The lowest BCUT2D eigenvalue weighted by Crippen LogP contribution is -2.43. The number of hydrogen-bond acceptors (Lipinski definition) is 3. The summed E-state index contributed by atoms with van der Waals surface area (Å²) in [5.41, 5.74) is 1.37. The second kappa shape index (κ2) is 8.15. The van der Waals surface area contributed by atoms with E-state index in [0.717, 1.165) is 42.9 Å². The van der Waals surface area contributed by atoms with Crippen LogP contribution in [0.15, 0.2) is 18.2 Å². The quantitative estimate of drug-likeness (QED) is 0.736. The molecule has 114 valence electrons. The van der Waals surface area contributed by atoms with Crippen molar-refractivity contribution in [2.24, 2.45) is 0 Å². The topological polar surface area (TPSA) is 30.5 Å². The average molecular weight is 279 g/mol. The highest BCUT2D eigenvalue weighted by Crippen LogP contribution is 2.31. The van der Waals surface area contributed by atoms with Crippen LogP contribution in [0.2, 0.25) is 0 Å². The number of methoxy groups -OCH3 is 1. The molecule has 0 amide bonds. The summed E-state index contributed by atoms with van der Waals surface area (Å²) in [5.74, 6) is 1.67. The van der Waals surface area contributed by atoms with Crippen LogP contribution in [0.1, 0.15) is 52.5 Å². The van der Waals surface area contributed by atoms with Crippen molar-refractivity contribution in [1.82, 2.24) is 5.32 Å². The van der Waals surface area contributed by atoms with Gasteiger partial charge in [0.1, 0.15) is 0 Å². The lowest BCUT2D eigenvalue weighted by Gasteiger charge is -2.32. The van der Waals surface area contributed by atoms with E-state index in [2.05, 4.69) is 32.2 Å². The van der Waals surface area contributed by atoms with Crippen molar-refractivity contribution in [3.8, 4) is 11.5 Å². The average Bonchev–Trinajstić information content (AvgIpc) is 2.50. The summed E-state index contributed by atoms with van der Waals surface area (Å²) in [6.45, 7) is 10.2. The van der Waals surface area contributed by atoms with Gasteiger partial charge in [-0.05, 0) is 32.3 Å². The zero-order valence-corrected chi connectivity index (χ0v) is 13.6. The molecule has 0 aliphatic heterocycles. The third-order valence-corrected chi connectivity index (χ3v) is 4.25. The van der Waals surface area contributed by atoms with Gasteiger partial charge >= 0.3 is 0 Å². The van der Waals surface area contributed by atoms with Gasteiger partial charge in [0, 0.05) is 17.6 Å². The second-order valence-corrected chi connectivity index (χ2v) is 5.08. The molecule has 0 radical (unpaired) electrons. The maximum Gasteiger partial charge on any atom is 0.165 e. The largest absolute Gasteiger partial charge is 0.493 e. The molecule has 0 spiro atoms. The van der Waals surface area contributed by atoms with Crippen LogP contribution in [-0.4, -0.2) is 19.3 Å². The maximum atomic E-state index is 5.63. The zero-order valence-electron chi connectivity index (χ0n) is 13.6. The van der Waals surface area contributed by atoms with Gasteiger partial charge in [-0.2, -0.15) is 0 Å². The molecule has 3 heteroatoms. The number of benzene rings is 1. The highest BCUT2D eigenvalue weighted by molar-refractivity contribution is 5.46. The minimum absolute atomic E-state index is 0.215. The first-order valence-electron chi connectivity index (χ1n) is 7.70. The van der Waals surface area contributed by atoms with E-state index in [4.69, 9.17) is 9.47 Å². The standard InChI is InChI=1S/C17H29NO2/c1-6-17(7-2,8-3)18-13-14-11-10-12-15(20-9-4)16(14)19-5/h10-12,18H,6-9,13H2,1-5H3. The van der Waals surface area contributed by atoms with Gasteiger partial charge in [0.15, 0.2) is 11.5 Å². The van der Waals surface area contributed by atoms with Crippen LogP contribution in [0.25, 0.3) is 0 Å². The van der Waals surface area contributed by atoms with Crippen molar-refractivity contribution in [2.75, 3.05) is 13.7 Å². The summed E-state index contributed by atoms with van der Waals surface area (Å²) in [7, 11) is 1.70. The summed E-state index contributed by atoms with van der Waals surface area (Å²) in [4.78, 5) is 0. The zero-order chi connectivity index (χ0) is 15.0. The summed E-state index contributed by atoms with van der Waals surface area (Å²) in [6, 6.07) is 6.08. The van der Waals surface area contributed by atoms with Gasteiger partial charge in [0.05, 0.1) is 13.7 Å². The van der Waals surface area contributed by atoms with Crippen molar-refractivity contribution in [2.45, 2.75) is 59.0 Å². The molecular weight excluding hydrogens is 250 g/mol. The monoisotopic (exact) mass is 279 g/mol. The first kappa shape index (κ1) is 16.8. The lowest BCUT2D eigenvalue weighted by molar-refractivity contribution is 0.281. The van der Waals surface area contributed by atoms with Crippen LogP contribution in [0.4, 0.5) is 0 Å². The fourth-order valence-corrected chi connectivity index (χ4v) is 2.61. The van der Waals surface area contributed by atoms with E-state index in [1.165, 1.54) is 0 Å². The van der Waals surface area contributed by atoms with Crippen LogP contribution < -0.4 is 14.8 Å².